The maximum atomic E-state index is 12.2. The van der Waals surface area contributed by atoms with Gasteiger partial charge in [0.2, 0.25) is 5.91 Å². The number of imidazole rings is 1. The first kappa shape index (κ1) is 22.5. The summed E-state index contributed by atoms with van der Waals surface area (Å²) in [5, 5.41) is 14.1. The molecule has 0 aromatic carbocycles. The van der Waals surface area contributed by atoms with Gasteiger partial charge in [-0.25, -0.2) is 14.6 Å². The van der Waals surface area contributed by atoms with Crippen LogP contribution in [0.3, 0.4) is 0 Å². The van der Waals surface area contributed by atoms with Crippen molar-refractivity contribution in [3.05, 3.63) is 18.2 Å². The standard InChI is InChI=1S/C18H30N4O5/c1-4-6-7-13(5-2)10-27-18(26)21-12(3)16(23)22-15(17(24)25)8-14-9-19-11-20-14/h9,11-13,15H,4-8,10H2,1-3H3,(H,19,20)(H,21,26)(H,22,23)(H,24,25)/t12-,13?,15-/m0/s1. The van der Waals surface area contributed by atoms with Crippen LogP contribution in [-0.2, 0) is 20.7 Å². The molecule has 0 fully saturated rings. The zero-order valence-electron chi connectivity index (χ0n) is 16.2. The quantitative estimate of drug-likeness (QED) is 0.436. The zero-order chi connectivity index (χ0) is 20.2. The number of carboxylic acid groups (broad SMARTS) is 1. The number of ether oxygens (including phenoxy) is 1. The van der Waals surface area contributed by atoms with Gasteiger partial charge in [-0.1, -0.05) is 33.1 Å². The molecule has 0 saturated carbocycles. The minimum atomic E-state index is -1.17. The van der Waals surface area contributed by atoms with E-state index in [0.29, 0.717) is 18.2 Å². The Kier molecular flexibility index (Phi) is 9.92. The molecule has 9 heteroatoms. The van der Waals surface area contributed by atoms with Crippen LogP contribution in [0, 0.1) is 5.92 Å². The van der Waals surface area contributed by atoms with Crippen molar-refractivity contribution in [3.63, 3.8) is 0 Å². The van der Waals surface area contributed by atoms with Crippen molar-refractivity contribution >= 4 is 18.0 Å². The van der Waals surface area contributed by atoms with E-state index in [1.54, 1.807) is 0 Å². The average molecular weight is 382 g/mol. The van der Waals surface area contributed by atoms with Gasteiger partial charge in [-0.2, -0.15) is 0 Å². The van der Waals surface area contributed by atoms with Gasteiger partial charge in [0.05, 0.1) is 12.9 Å². The Morgan fingerprint density at radius 1 is 1.30 bits per heavy atom. The number of carboxylic acids is 1. The van der Waals surface area contributed by atoms with Crippen molar-refractivity contribution < 1.29 is 24.2 Å². The molecular formula is C18H30N4O5. The number of aromatic amines is 1. The van der Waals surface area contributed by atoms with Crippen LogP contribution in [-0.4, -0.2) is 51.7 Å². The van der Waals surface area contributed by atoms with Gasteiger partial charge in [0.15, 0.2) is 0 Å². The van der Waals surface area contributed by atoms with Crippen LogP contribution in [0.5, 0.6) is 0 Å². The minimum Gasteiger partial charge on any atom is -0.480 e. The molecule has 0 bridgehead atoms. The Morgan fingerprint density at radius 3 is 2.59 bits per heavy atom. The predicted molar refractivity (Wildman–Crippen MR) is 99.1 cm³/mol. The van der Waals surface area contributed by atoms with Crippen molar-refractivity contribution in [1.29, 1.82) is 0 Å². The van der Waals surface area contributed by atoms with Crippen LogP contribution in [0.1, 0.15) is 52.1 Å². The minimum absolute atomic E-state index is 0.0633. The third kappa shape index (κ3) is 8.57. The van der Waals surface area contributed by atoms with E-state index >= 15 is 0 Å². The van der Waals surface area contributed by atoms with Crippen LogP contribution in [0.2, 0.25) is 0 Å². The number of hydrogen-bond donors (Lipinski definition) is 4. The van der Waals surface area contributed by atoms with Gasteiger partial charge in [-0.05, 0) is 19.3 Å². The van der Waals surface area contributed by atoms with Crippen LogP contribution in [0.15, 0.2) is 12.5 Å². The summed E-state index contributed by atoms with van der Waals surface area (Å²) >= 11 is 0. The molecule has 0 radical (unpaired) electrons. The molecule has 1 aromatic heterocycles. The van der Waals surface area contributed by atoms with Gasteiger partial charge in [0, 0.05) is 18.3 Å². The smallest absolute Gasteiger partial charge is 0.407 e. The lowest BCUT2D eigenvalue weighted by atomic mass is 10.0. The van der Waals surface area contributed by atoms with E-state index in [4.69, 9.17) is 4.74 Å². The highest BCUT2D eigenvalue weighted by Gasteiger charge is 2.25. The largest absolute Gasteiger partial charge is 0.480 e. The molecule has 27 heavy (non-hydrogen) atoms. The molecule has 0 aliphatic heterocycles. The molecule has 1 aromatic rings. The SMILES string of the molecule is CCCCC(CC)COC(=O)N[C@@H](C)C(=O)N[C@@H](Cc1cnc[nH]1)C(=O)O. The van der Waals surface area contributed by atoms with Gasteiger partial charge in [-0.3, -0.25) is 4.79 Å². The third-order valence-electron chi connectivity index (χ3n) is 4.31. The maximum absolute atomic E-state index is 12.2. The molecule has 1 heterocycles. The number of aliphatic carboxylic acids is 1. The van der Waals surface area contributed by atoms with Crippen molar-refractivity contribution in [2.45, 2.75) is 65.0 Å². The second kappa shape index (κ2) is 11.9. The summed E-state index contributed by atoms with van der Waals surface area (Å²) in [6, 6.07) is -2.05. The first-order chi connectivity index (χ1) is 12.9. The van der Waals surface area contributed by atoms with Gasteiger partial charge in [-0.15, -0.1) is 0 Å². The number of unbranched alkanes of at least 4 members (excludes halogenated alkanes) is 1. The van der Waals surface area contributed by atoms with Crippen molar-refractivity contribution in [1.82, 2.24) is 20.6 Å². The lowest BCUT2D eigenvalue weighted by molar-refractivity contribution is -0.142. The molecule has 4 N–H and O–H groups in total. The van der Waals surface area contributed by atoms with E-state index in [2.05, 4.69) is 27.5 Å². The normalized spacial score (nSPS) is 14.0. The molecule has 0 spiro atoms. The van der Waals surface area contributed by atoms with Crippen molar-refractivity contribution in [3.8, 4) is 0 Å². The van der Waals surface area contributed by atoms with E-state index in [0.717, 1.165) is 25.7 Å². The van der Waals surface area contributed by atoms with Gasteiger partial charge >= 0.3 is 12.1 Å². The Balaban J connectivity index is 2.44. The summed E-state index contributed by atoms with van der Waals surface area (Å²) in [5.74, 6) is -1.48. The Morgan fingerprint density at radius 2 is 2.04 bits per heavy atom. The second-order valence-electron chi connectivity index (χ2n) is 6.56. The summed E-state index contributed by atoms with van der Waals surface area (Å²) in [6.07, 6.45) is 6.37. The van der Waals surface area contributed by atoms with E-state index in [1.807, 2.05) is 6.92 Å². The summed E-state index contributed by atoms with van der Waals surface area (Å²) in [6.45, 7) is 5.93. The second-order valence-corrected chi connectivity index (χ2v) is 6.56. The molecule has 0 saturated heterocycles. The molecular weight excluding hydrogens is 352 g/mol. The number of aromatic nitrogens is 2. The van der Waals surface area contributed by atoms with Crippen molar-refractivity contribution in [2.24, 2.45) is 5.92 Å². The summed E-state index contributed by atoms with van der Waals surface area (Å²) < 4.78 is 5.19. The predicted octanol–water partition coefficient (Wildman–Crippen LogP) is 1.85. The topological polar surface area (TPSA) is 133 Å². The van der Waals surface area contributed by atoms with Crippen LogP contribution in [0.4, 0.5) is 4.79 Å². The van der Waals surface area contributed by atoms with Gasteiger partial charge < -0.3 is 25.5 Å². The summed E-state index contributed by atoms with van der Waals surface area (Å²) in [7, 11) is 0. The van der Waals surface area contributed by atoms with E-state index < -0.39 is 30.1 Å². The highest BCUT2D eigenvalue weighted by atomic mass is 16.5. The first-order valence-corrected chi connectivity index (χ1v) is 9.31. The molecule has 1 unspecified atom stereocenters. The zero-order valence-corrected chi connectivity index (χ0v) is 16.2. The van der Waals surface area contributed by atoms with Crippen molar-refractivity contribution in [2.75, 3.05) is 6.61 Å². The van der Waals surface area contributed by atoms with E-state index in [9.17, 15) is 19.5 Å². The number of hydrogen-bond acceptors (Lipinski definition) is 5. The first-order valence-electron chi connectivity index (χ1n) is 9.31. The number of nitrogens with zero attached hydrogens (tertiary/aromatic N) is 1. The number of nitrogens with one attached hydrogen (secondary N) is 3. The highest BCUT2D eigenvalue weighted by molar-refractivity contribution is 5.89. The molecule has 0 aliphatic carbocycles. The molecule has 1 rings (SSSR count). The third-order valence-corrected chi connectivity index (χ3v) is 4.31. The van der Waals surface area contributed by atoms with Gasteiger partial charge in [0.25, 0.3) is 0 Å². The molecule has 152 valence electrons. The summed E-state index contributed by atoms with van der Waals surface area (Å²) in [5.41, 5.74) is 0.584. The van der Waals surface area contributed by atoms with E-state index in [-0.39, 0.29) is 6.42 Å². The Bertz CT molecular complexity index is 591. The number of rotatable bonds is 12. The lowest BCUT2D eigenvalue weighted by Crippen LogP contribution is -2.51. The molecule has 2 amide bonds. The molecule has 0 aliphatic rings. The summed E-state index contributed by atoms with van der Waals surface area (Å²) in [4.78, 5) is 42.0. The Hall–Kier alpha value is -2.58. The van der Waals surface area contributed by atoms with Crippen LogP contribution < -0.4 is 10.6 Å². The average Bonchev–Trinajstić information content (AvgIpc) is 3.14. The number of carbonyl (C=O) groups is 3. The Labute approximate surface area is 159 Å². The molecule has 9 nitrogen and oxygen atoms in total. The van der Waals surface area contributed by atoms with Gasteiger partial charge in [0.1, 0.15) is 12.1 Å². The lowest BCUT2D eigenvalue weighted by Gasteiger charge is -2.19. The van der Waals surface area contributed by atoms with Crippen LogP contribution >= 0.6 is 0 Å². The fourth-order valence-corrected chi connectivity index (χ4v) is 2.49. The molecule has 3 atom stereocenters. The van der Waals surface area contributed by atoms with Crippen LogP contribution in [0.25, 0.3) is 0 Å². The number of amides is 2. The van der Waals surface area contributed by atoms with E-state index in [1.165, 1.54) is 19.4 Å². The maximum Gasteiger partial charge on any atom is 0.407 e. The number of carbonyl (C=O) groups excluding carboxylic acids is 2. The monoisotopic (exact) mass is 382 g/mol. The number of alkyl carbamates (subject to hydrolysis) is 1. The fraction of sp³-hybridized carbons (Fsp3) is 0.667. The highest BCUT2D eigenvalue weighted by Crippen LogP contribution is 2.12. The number of H-pyrrole nitrogens is 1. The fourth-order valence-electron chi connectivity index (χ4n) is 2.49.